The molecule has 0 bridgehead atoms. The Balaban J connectivity index is 1.83. The highest BCUT2D eigenvalue weighted by molar-refractivity contribution is 6.06. The average molecular weight is 441 g/mol. The molecular formula is C21H13F6NO3. The molecule has 1 amide bonds. The number of anilines is 1. The van der Waals surface area contributed by atoms with Gasteiger partial charge in [0.2, 0.25) is 0 Å². The number of phenolic OH excluding ortho intramolecular Hbond substituents is 1. The van der Waals surface area contributed by atoms with Crippen molar-refractivity contribution in [3.8, 4) is 22.6 Å². The van der Waals surface area contributed by atoms with Gasteiger partial charge in [0.05, 0.1) is 11.1 Å². The molecule has 0 aliphatic rings. The fourth-order valence-corrected chi connectivity index (χ4v) is 2.72. The molecule has 4 nitrogen and oxygen atoms in total. The lowest BCUT2D eigenvalue weighted by atomic mass is 10.0. The van der Waals surface area contributed by atoms with Crippen molar-refractivity contribution < 1.29 is 41.0 Å². The molecule has 3 aromatic carbocycles. The second-order valence-electron chi connectivity index (χ2n) is 6.34. The summed E-state index contributed by atoms with van der Waals surface area (Å²) in [6.45, 7) is 0. The minimum absolute atomic E-state index is 0.127. The zero-order valence-electron chi connectivity index (χ0n) is 15.4. The summed E-state index contributed by atoms with van der Waals surface area (Å²) in [4.78, 5) is 12.5. The number of hydrogen-bond donors (Lipinski definition) is 2. The van der Waals surface area contributed by atoms with Crippen LogP contribution >= 0.6 is 0 Å². The summed E-state index contributed by atoms with van der Waals surface area (Å²) in [5.74, 6) is -1.72. The van der Waals surface area contributed by atoms with E-state index in [0.717, 1.165) is 30.3 Å². The summed E-state index contributed by atoms with van der Waals surface area (Å²) >= 11 is 0. The zero-order chi connectivity index (χ0) is 22.8. The van der Waals surface area contributed by atoms with E-state index in [1.807, 2.05) is 0 Å². The monoisotopic (exact) mass is 441 g/mol. The van der Waals surface area contributed by atoms with Gasteiger partial charge in [-0.15, -0.1) is 13.2 Å². The first-order valence-corrected chi connectivity index (χ1v) is 8.60. The molecule has 0 atom stereocenters. The minimum Gasteiger partial charge on any atom is -0.507 e. The number of hydrogen-bond acceptors (Lipinski definition) is 3. The number of halogens is 6. The highest BCUT2D eigenvalue weighted by atomic mass is 19.4. The Labute approximate surface area is 171 Å². The van der Waals surface area contributed by atoms with Gasteiger partial charge in [-0.2, -0.15) is 13.2 Å². The molecule has 31 heavy (non-hydrogen) atoms. The van der Waals surface area contributed by atoms with Crippen LogP contribution in [0.5, 0.6) is 11.5 Å². The Morgan fingerprint density at radius 1 is 0.839 bits per heavy atom. The van der Waals surface area contributed by atoms with Crippen LogP contribution in [-0.2, 0) is 6.18 Å². The molecule has 2 N–H and O–H groups in total. The van der Waals surface area contributed by atoms with Gasteiger partial charge in [-0.25, -0.2) is 0 Å². The van der Waals surface area contributed by atoms with E-state index in [2.05, 4.69) is 10.1 Å². The predicted octanol–water partition coefficient (Wildman–Crippen LogP) is 6.23. The number of phenols is 1. The SMILES string of the molecule is O=C(Nc1cccc(C(F)(F)F)c1)c1cc(-c2ccc(OC(F)(F)F)cc2)ccc1O. The van der Waals surface area contributed by atoms with Crippen LogP contribution in [0.25, 0.3) is 11.1 Å². The van der Waals surface area contributed by atoms with E-state index in [1.165, 1.54) is 36.4 Å². The van der Waals surface area contributed by atoms with Gasteiger partial charge in [0.25, 0.3) is 5.91 Å². The number of ether oxygens (including phenoxy) is 1. The highest BCUT2D eigenvalue weighted by Gasteiger charge is 2.31. The van der Waals surface area contributed by atoms with Gasteiger partial charge < -0.3 is 15.2 Å². The van der Waals surface area contributed by atoms with Crippen molar-refractivity contribution in [2.75, 3.05) is 5.32 Å². The number of amides is 1. The zero-order valence-corrected chi connectivity index (χ0v) is 15.4. The highest BCUT2D eigenvalue weighted by Crippen LogP contribution is 2.32. The Morgan fingerprint density at radius 2 is 1.48 bits per heavy atom. The Hall–Kier alpha value is -3.69. The van der Waals surface area contributed by atoms with Crippen LogP contribution in [0.15, 0.2) is 66.7 Å². The normalized spacial score (nSPS) is 11.8. The first-order chi connectivity index (χ1) is 14.4. The molecule has 3 rings (SSSR count). The second kappa shape index (κ2) is 8.21. The molecule has 0 unspecified atom stereocenters. The van der Waals surface area contributed by atoms with Crippen molar-refractivity contribution >= 4 is 11.6 Å². The number of carbonyl (C=O) groups excluding carboxylic acids is 1. The van der Waals surface area contributed by atoms with Crippen LogP contribution in [-0.4, -0.2) is 17.4 Å². The first kappa shape index (κ1) is 22.0. The van der Waals surface area contributed by atoms with Gasteiger partial charge in [-0.3, -0.25) is 4.79 Å². The van der Waals surface area contributed by atoms with Crippen molar-refractivity contribution in [2.45, 2.75) is 12.5 Å². The average Bonchev–Trinajstić information content (AvgIpc) is 2.67. The van der Waals surface area contributed by atoms with Gasteiger partial charge in [0, 0.05) is 5.69 Å². The van der Waals surface area contributed by atoms with Crippen molar-refractivity contribution in [3.05, 3.63) is 77.9 Å². The van der Waals surface area contributed by atoms with Gasteiger partial charge in [-0.05, 0) is 53.6 Å². The van der Waals surface area contributed by atoms with E-state index in [1.54, 1.807) is 0 Å². The lowest BCUT2D eigenvalue weighted by Gasteiger charge is -2.12. The summed E-state index contributed by atoms with van der Waals surface area (Å²) in [7, 11) is 0. The number of aromatic hydroxyl groups is 1. The molecule has 0 saturated heterocycles. The molecule has 0 aliphatic heterocycles. The van der Waals surface area contributed by atoms with Crippen molar-refractivity contribution in [2.24, 2.45) is 0 Å². The predicted molar refractivity (Wildman–Crippen MR) is 99.6 cm³/mol. The molecule has 162 valence electrons. The van der Waals surface area contributed by atoms with Gasteiger partial charge >= 0.3 is 12.5 Å². The Bertz CT molecular complexity index is 1090. The third kappa shape index (κ3) is 5.68. The molecular weight excluding hydrogens is 428 g/mol. The van der Waals surface area contributed by atoms with E-state index < -0.39 is 35.5 Å². The summed E-state index contributed by atoms with van der Waals surface area (Å²) in [5, 5.41) is 12.3. The molecule has 0 saturated carbocycles. The second-order valence-corrected chi connectivity index (χ2v) is 6.34. The Morgan fingerprint density at radius 3 is 2.10 bits per heavy atom. The molecule has 10 heteroatoms. The summed E-state index contributed by atoms with van der Waals surface area (Å²) < 4.78 is 79.1. The van der Waals surface area contributed by atoms with E-state index in [9.17, 15) is 36.2 Å². The lowest BCUT2D eigenvalue weighted by molar-refractivity contribution is -0.274. The first-order valence-electron chi connectivity index (χ1n) is 8.60. The standard InChI is InChI=1S/C21H13F6NO3/c22-20(23,24)14-2-1-3-15(11-14)28-19(30)17-10-13(6-9-18(17)29)12-4-7-16(8-5-12)31-21(25,26)27/h1-11,29H,(H,28,30). The quantitative estimate of drug-likeness (QED) is 0.472. The fourth-order valence-electron chi connectivity index (χ4n) is 2.72. The van der Waals surface area contributed by atoms with Crippen LogP contribution in [0.3, 0.4) is 0 Å². The number of carbonyl (C=O) groups is 1. The van der Waals surface area contributed by atoms with E-state index in [4.69, 9.17) is 0 Å². The van der Waals surface area contributed by atoms with E-state index in [-0.39, 0.29) is 11.3 Å². The molecule has 0 heterocycles. The maximum Gasteiger partial charge on any atom is 0.573 e. The number of rotatable bonds is 4. The number of benzene rings is 3. The molecule has 0 spiro atoms. The summed E-state index contributed by atoms with van der Waals surface area (Å²) in [6, 6.07) is 12.7. The van der Waals surface area contributed by atoms with Crippen LogP contribution in [0.4, 0.5) is 32.0 Å². The summed E-state index contributed by atoms with van der Waals surface area (Å²) in [6.07, 6.45) is -9.43. The molecule has 0 radical (unpaired) electrons. The maximum absolute atomic E-state index is 12.8. The Kier molecular flexibility index (Phi) is 5.83. The topological polar surface area (TPSA) is 58.6 Å². The number of nitrogens with one attached hydrogen (secondary N) is 1. The van der Waals surface area contributed by atoms with Crippen LogP contribution < -0.4 is 10.1 Å². The van der Waals surface area contributed by atoms with Crippen molar-refractivity contribution in [1.82, 2.24) is 0 Å². The third-order valence-electron chi connectivity index (χ3n) is 4.11. The largest absolute Gasteiger partial charge is 0.573 e. The molecule has 0 aliphatic carbocycles. The van der Waals surface area contributed by atoms with Crippen molar-refractivity contribution in [1.29, 1.82) is 0 Å². The fraction of sp³-hybridized carbons (Fsp3) is 0.0952. The van der Waals surface area contributed by atoms with Crippen LogP contribution in [0, 0.1) is 0 Å². The van der Waals surface area contributed by atoms with Crippen LogP contribution in [0.2, 0.25) is 0 Å². The molecule has 3 aromatic rings. The van der Waals surface area contributed by atoms with Crippen LogP contribution in [0.1, 0.15) is 15.9 Å². The maximum atomic E-state index is 12.8. The van der Waals surface area contributed by atoms with E-state index >= 15 is 0 Å². The smallest absolute Gasteiger partial charge is 0.507 e. The third-order valence-corrected chi connectivity index (χ3v) is 4.11. The lowest BCUT2D eigenvalue weighted by Crippen LogP contribution is -2.16. The minimum atomic E-state index is -4.84. The van der Waals surface area contributed by atoms with Gasteiger partial charge in [0.1, 0.15) is 11.5 Å². The molecule has 0 aromatic heterocycles. The molecule has 0 fully saturated rings. The van der Waals surface area contributed by atoms with E-state index in [0.29, 0.717) is 11.1 Å². The van der Waals surface area contributed by atoms with Gasteiger partial charge in [0.15, 0.2) is 0 Å². The van der Waals surface area contributed by atoms with Gasteiger partial charge in [-0.1, -0.05) is 24.3 Å². The number of alkyl halides is 6. The van der Waals surface area contributed by atoms with Crippen molar-refractivity contribution in [3.63, 3.8) is 0 Å². The summed E-state index contributed by atoms with van der Waals surface area (Å²) in [5.41, 5.74) is -0.513.